The lowest BCUT2D eigenvalue weighted by atomic mass is 10.2. The zero-order valence-electron chi connectivity index (χ0n) is 15.0. The number of hydrogen-bond donors (Lipinski definition) is 1. The molecule has 1 aromatic carbocycles. The lowest BCUT2D eigenvalue weighted by molar-refractivity contribution is 0.100. The predicted molar refractivity (Wildman–Crippen MR) is 108 cm³/mol. The Balaban J connectivity index is 0.000000244. The zero-order valence-corrected chi connectivity index (χ0v) is 18.2. The molecule has 7 nitrogen and oxygen atoms in total. The number of aromatic amines is 1. The van der Waals surface area contributed by atoms with Crippen LogP contribution in [0.1, 0.15) is 40.1 Å². The van der Waals surface area contributed by atoms with Crippen LogP contribution in [0.5, 0.6) is 5.75 Å². The molecule has 27 heavy (non-hydrogen) atoms. The second kappa shape index (κ2) is 9.61. The molecule has 2 aromatic heterocycles. The summed E-state index contributed by atoms with van der Waals surface area (Å²) in [4.78, 5) is 22.0. The van der Waals surface area contributed by atoms with E-state index in [0.29, 0.717) is 26.9 Å². The molecule has 0 fully saturated rings. The van der Waals surface area contributed by atoms with Crippen molar-refractivity contribution in [2.75, 3.05) is 7.11 Å². The van der Waals surface area contributed by atoms with Crippen LogP contribution in [0.4, 0.5) is 0 Å². The van der Waals surface area contributed by atoms with Gasteiger partial charge in [-0.15, -0.1) is 0 Å². The highest BCUT2D eigenvalue weighted by atomic mass is 79.9. The third kappa shape index (κ3) is 5.86. The highest BCUT2D eigenvalue weighted by molar-refractivity contribution is 9.10. The van der Waals surface area contributed by atoms with Gasteiger partial charge in [-0.3, -0.25) is 19.4 Å². The van der Waals surface area contributed by atoms with Crippen LogP contribution >= 0.6 is 31.9 Å². The van der Waals surface area contributed by atoms with Crippen molar-refractivity contribution >= 4 is 43.4 Å². The summed E-state index contributed by atoms with van der Waals surface area (Å²) < 4.78 is 8.07. The maximum atomic E-state index is 11.3. The number of carbonyl (C=O) groups is 2. The first-order chi connectivity index (χ1) is 12.8. The molecule has 0 saturated carbocycles. The van der Waals surface area contributed by atoms with Gasteiger partial charge in [-0.1, -0.05) is 12.1 Å². The minimum Gasteiger partial charge on any atom is -0.497 e. The predicted octanol–water partition coefficient (Wildman–Crippen LogP) is 4.28. The lowest BCUT2D eigenvalue weighted by Gasteiger charge is -2.03. The summed E-state index contributed by atoms with van der Waals surface area (Å²) in [6, 6.07) is 7.75. The maximum Gasteiger partial charge on any atom is 0.164 e. The number of nitrogens with zero attached hydrogens (tertiary/aromatic N) is 3. The largest absolute Gasteiger partial charge is 0.497 e. The highest BCUT2D eigenvalue weighted by Crippen LogP contribution is 2.17. The molecule has 3 rings (SSSR count). The molecule has 1 N–H and O–H groups in total. The van der Waals surface area contributed by atoms with E-state index in [1.165, 1.54) is 20.0 Å². The van der Waals surface area contributed by atoms with E-state index in [-0.39, 0.29) is 11.6 Å². The van der Waals surface area contributed by atoms with Crippen LogP contribution in [-0.2, 0) is 6.54 Å². The van der Waals surface area contributed by atoms with E-state index < -0.39 is 0 Å². The Hall–Kier alpha value is -2.26. The third-order valence-corrected chi connectivity index (χ3v) is 4.76. The zero-order chi connectivity index (χ0) is 20.0. The number of halogens is 2. The van der Waals surface area contributed by atoms with Crippen LogP contribution in [-0.4, -0.2) is 38.7 Å². The van der Waals surface area contributed by atoms with Crippen molar-refractivity contribution in [3.8, 4) is 5.75 Å². The van der Waals surface area contributed by atoms with Gasteiger partial charge < -0.3 is 4.74 Å². The number of Topliss-reactive ketones (excluding diaryl/α,β-unsaturated/α-hetero) is 2. The van der Waals surface area contributed by atoms with Crippen molar-refractivity contribution in [2.45, 2.75) is 20.4 Å². The van der Waals surface area contributed by atoms with Crippen molar-refractivity contribution in [3.63, 3.8) is 0 Å². The molecule has 0 aliphatic heterocycles. The Morgan fingerprint density at radius 3 is 2.15 bits per heavy atom. The first-order valence-corrected chi connectivity index (χ1v) is 9.47. The molecule has 0 aliphatic carbocycles. The van der Waals surface area contributed by atoms with Gasteiger partial charge in [0.05, 0.1) is 31.0 Å². The van der Waals surface area contributed by atoms with E-state index in [1.807, 2.05) is 24.3 Å². The molecule has 3 aromatic rings. The molecule has 2 heterocycles. The standard InChI is InChI=1S/C13H13BrN2O2.C5H5BrN2O/c1-9(17)12-8-16(15-13(12)14)7-10-3-5-11(18-2)6-4-10;1-3(9)4-2-7-8-5(4)6/h3-6,8H,7H2,1-2H3;2H,1H3,(H,7,8). The first kappa shape index (κ1) is 21.0. The second-order valence-electron chi connectivity index (χ2n) is 5.59. The molecular weight excluding hydrogens is 480 g/mol. The summed E-state index contributed by atoms with van der Waals surface area (Å²) in [5, 5.41) is 10.5. The summed E-state index contributed by atoms with van der Waals surface area (Å²) in [5.74, 6) is 0.836. The smallest absolute Gasteiger partial charge is 0.164 e. The Bertz CT molecular complexity index is 932. The number of ether oxygens (including phenoxy) is 1. The number of carbonyl (C=O) groups excluding carboxylic acids is 2. The van der Waals surface area contributed by atoms with Gasteiger partial charge in [0, 0.05) is 6.20 Å². The van der Waals surface area contributed by atoms with E-state index in [0.717, 1.165) is 11.3 Å². The fourth-order valence-corrected chi connectivity index (χ4v) is 3.22. The number of hydrogen-bond acceptors (Lipinski definition) is 5. The molecule has 0 bridgehead atoms. The van der Waals surface area contributed by atoms with E-state index >= 15 is 0 Å². The number of rotatable bonds is 5. The fourth-order valence-electron chi connectivity index (χ4n) is 2.15. The molecule has 9 heteroatoms. The number of ketones is 2. The van der Waals surface area contributed by atoms with Gasteiger partial charge in [0.2, 0.25) is 0 Å². The molecule has 0 aliphatic rings. The van der Waals surface area contributed by atoms with Gasteiger partial charge in [0.25, 0.3) is 0 Å². The average molecular weight is 498 g/mol. The van der Waals surface area contributed by atoms with Gasteiger partial charge in [0.15, 0.2) is 11.6 Å². The number of nitrogens with one attached hydrogen (secondary N) is 1. The summed E-state index contributed by atoms with van der Waals surface area (Å²) in [7, 11) is 1.64. The van der Waals surface area contributed by atoms with E-state index in [4.69, 9.17) is 4.74 Å². The van der Waals surface area contributed by atoms with Gasteiger partial charge >= 0.3 is 0 Å². The summed E-state index contributed by atoms with van der Waals surface area (Å²) >= 11 is 6.41. The Morgan fingerprint density at radius 1 is 1.11 bits per heavy atom. The van der Waals surface area contributed by atoms with Gasteiger partial charge in [0.1, 0.15) is 15.0 Å². The number of methoxy groups -OCH3 is 1. The van der Waals surface area contributed by atoms with Crippen LogP contribution in [0, 0.1) is 0 Å². The minimum absolute atomic E-state index is 0.00264. The van der Waals surface area contributed by atoms with E-state index in [2.05, 4.69) is 47.2 Å². The number of aromatic nitrogens is 4. The topological polar surface area (TPSA) is 89.9 Å². The van der Waals surface area contributed by atoms with Crippen LogP contribution < -0.4 is 4.74 Å². The normalized spacial score (nSPS) is 10.1. The average Bonchev–Trinajstić information content (AvgIpc) is 3.22. The van der Waals surface area contributed by atoms with Crippen molar-refractivity contribution in [1.82, 2.24) is 20.0 Å². The molecule has 0 unspecified atom stereocenters. The van der Waals surface area contributed by atoms with Gasteiger partial charge in [-0.05, 0) is 63.4 Å². The van der Waals surface area contributed by atoms with Crippen LogP contribution in [0.2, 0.25) is 0 Å². The maximum absolute atomic E-state index is 11.3. The Kier molecular flexibility index (Phi) is 7.49. The molecular formula is C18H18Br2N4O3. The number of benzene rings is 1. The lowest BCUT2D eigenvalue weighted by Crippen LogP contribution is -2.00. The minimum atomic E-state index is 0.00264. The molecule has 0 saturated heterocycles. The number of H-pyrrole nitrogens is 1. The molecule has 142 valence electrons. The quantitative estimate of drug-likeness (QED) is 0.531. The summed E-state index contributed by atoms with van der Waals surface area (Å²) in [5.41, 5.74) is 2.29. The Labute approximate surface area is 173 Å². The molecule has 0 radical (unpaired) electrons. The van der Waals surface area contributed by atoms with Crippen molar-refractivity contribution < 1.29 is 14.3 Å². The SMILES string of the molecule is CC(=O)c1cn[nH]c1Br.COc1ccc(Cn2cc(C(C)=O)c(Br)n2)cc1. The molecule has 0 amide bonds. The van der Waals surface area contributed by atoms with E-state index in [1.54, 1.807) is 18.0 Å². The Morgan fingerprint density at radius 2 is 1.74 bits per heavy atom. The highest BCUT2D eigenvalue weighted by Gasteiger charge is 2.10. The molecule has 0 spiro atoms. The summed E-state index contributed by atoms with van der Waals surface area (Å²) in [6.45, 7) is 3.64. The van der Waals surface area contributed by atoms with E-state index in [9.17, 15) is 9.59 Å². The van der Waals surface area contributed by atoms with Crippen molar-refractivity contribution in [1.29, 1.82) is 0 Å². The monoisotopic (exact) mass is 496 g/mol. The van der Waals surface area contributed by atoms with Crippen molar-refractivity contribution in [2.24, 2.45) is 0 Å². The second-order valence-corrected chi connectivity index (χ2v) is 7.13. The summed E-state index contributed by atoms with van der Waals surface area (Å²) in [6.07, 6.45) is 3.24. The van der Waals surface area contributed by atoms with Crippen LogP contribution in [0.15, 0.2) is 45.9 Å². The van der Waals surface area contributed by atoms with Crippen LogP contribution in [0.25, 0.3) is 0 Å². The third-order valence-electron chi connectivity index (χ3n) is 3.57. The fraction of sp³-hybridized carbons (Fsp3) is 0.222. The van der Waals surface area contributed by atoms with Gasteiger partial charge in [-0.25, -0.2) is 0 Å². The first-order valence-electron chi connectivity index (χ1n) is 7.88. The van der Waals surface area contributed by atoms with Gasteiger partial charge in [-0.2, -0.15) is 10.2 Å². The molecule has 0 atom stereocenters. The van der Waals surface area contributed by atoms with Crippen molar-refractivity contribution in [3.05, 3.63) is 62.6 Å². The van der Waals surface area contributed by atoms with Crippen LogP contribution in [0.3, 0.4) is 0 Å².